The van der Waals surface area contributed by atoms with Crippen LogP contribution in [0.3, 0.4) is 0 Å². The molecule has 122 valence electrons. The lowest BCUT2D eigenvalue weighted by Crippen LogP contribution is -2.35. The SMILES string of the molecule is C=CCC1(Cn2ccnc2)Sc2cc(Cl)ccc2C1c1ncc[nH]1. The first-order chi connectivity index (χ1) is 11.7. The van der Waals surface area contributed by atoms with Crippen molar-refractivity contribution in [3.05, 3.63) is 78.4 Å². The Morgan fingerprint density at radius 3 is 3.04 bits per heavy atom. The van der Waals surface area contributed by atoms with Gasteiger partial charge in [0, 0.05) is 41.3 Å². The minimum absolute atomic E-state index is 0.118. The quantitative estimate of drug-likeness (QED) is 0.684. The summed E-state index contributed by atoms with van der Waals surface area (Å²) in [5.74, 6) is 1.12. The van der Waals surface area contributed by atoms with E-state index >= 15 is 0 Å². The van der Waals surface area contributed by atoms with Gasteiger partial charge in [-0.2, -0.15) is 0 Å². The van der Waals surface area contributed by atoms with Crippen molar-refractivity contribution < 1.29 is 0 Å². The molecule has 0 bridgehead atoms. The van der Waals surface area contributed by atoms with Gasteiger partial charge in [-0.1, -0.05) is 23.7 Å². The summed E-state index contributed by atoms with van der Waals surface area (Å²) in [5, 5.41) is 0.761. The lowest BCUT2D eigenvalue weighted by molar-refractivity contribution is 0.448. The molecule has 24 heavy (non-hydrogen) atoms. The van der Waals surface area contributed by atoms with Crippen molar-refractivity contribution >= 4 is 23.4 Å². The third kappa shape index (κ3) is 2.58. The highest BCUT2D eigenvalue weighted by Crippen LogP contribution is 2.58. The van der Waals surface area contributed by atoms with E-state index in [0.717, 1.165) is 23.8 Å². The molecular formula is C18H17ClN4S. The van der Waals surface area contributed by atoms with Crippen LogP contribution in [-0.2, 0) is 6.54 Å². The van der Waals surface area contributed by atoms with Crippen LogP contribution in [0.15, 0.2) is 66.9 Å². The molecule has 0 radical (unpaired) electrons. The van der Waals surface area contributed by atoms with Gasteiger partial charge < -0.3 is 9.55 Å². The molecule has 3 heterocycles. The van der Waals surface area contributed by atoms with Gasteiger partial charge in [0.2, 0.25) is 0 Å². The Morgan fingerprint density at radius 2 is 2.33 bits per heavy atom. The average molecular weight is 357 g/mol. The van der Waals surface area contributed by atoms with Crippen LogP contribution in [0.1, 0.15) is 23.7 Å². The fourth-order valence-electron chi connectivity index (χ4n) is 3.51. The zero-order valence-corrected chi connectivity index (χ0v) is 14.6. The minimum atomic E-state index is -0.118. The van der Waals surface area contributed by atoms with Crippen molar-refractivity contribution in [3.8, 4) is 0 Å². The Kier molecular flexibility index (Phi) is 3.98. The highest BCUT2D eigenvalue weighted by molar-refractivity contribution is 8.01. The summed E-state index contributed by atoms with van der Waals surface area (Å²) in [6.45, 7) is 4.82. The molecule has 0 fully saturated rings. The number of imidazole rings is 2. The number of hydrogen-bond acceptors (Lipinski definition) is 3. The van der Waals surface area contributed by atoms with Crippen LogP contribution in [-0.4, -0.2) is 24.3 Å². The third-order valence-electron chi connectivity index (χ3n) is 4.42. The second kappa shape index (κ2) is 6.15. The molecule has 0 saturated carbocycles. The molecule has 1 N–H and O–H groups in total. The van der Waals surface area contributed by atoms with E-state index in [1.54, 1.807) is 0 Å². The van der Waals surface area contributed by atoms with E-state index in [4.69, 9.17) is 11.6 Å². The standard InChI is InChI=1S/C18H17ClN4S/c1-2-5-18(11-23-9-8-20-12-23)16(17-21-6-7-22-17)14-4-3-13(19)10-15(14)24-18/h2-4,6-10,12,16H,1,5,11H2,(H,21,22). The highest BCUT2D eigenvalue weighted by atomic mass is 35.5. The second-order valence-electron chi connectivity index (χ2n) is 5.98. The van der Waals surface area contributed by atoms with Crippen molar-refractivity contribution in [1.82, 2.24) is 19.5 Å². The number of halogens is 1. The van der Waals surface area contributed by atoms with Crippen molar-refractivity contribution in [3.63, 3.8) is 0 Å². The van der Waals surface area contributed by atoms with Gasteiger partial charge in [0.15, 0.2) is 0 Å². The third-order valence-corrected chi connectivity index (χ3v) is 6.16. The first kappa shape index (κ1) is 15.5. The van der Waals surface area contributed by atoms with Gasteiger partial charge in [-0.3, -0.25) is 0 Å². The van der Waals surface area contributed by atoms with Gasteiger partial charge in [0.25, 0.3) is 0 Å². The molecule has 0 aliphatic carbocycles. The molecule has 1 aliphatic rings. The Labute approximate surface area is 150 Å². The first-order valence-corrected chi connectivity index (χ1v) is 8.96. The van der Waals surface area contributed by atoms with Gasteiger partial charge in [-0.05, 0) is 24.1 Å². The molecule has 0 saturated heterocycles. The van der Waals surface area contributed by atoms with Gasteiger partial charge in [-0.25, -0.2) is 9.97 Å². The normalized spacial score (nSPS) is 22.5. The molecule has 0 spiro atoms. The Morgan fingerprint density at radius 1 is 1.42 bits per heavy atom. The first-order valence-electron chi connectivity index (χ1n) is 7.76. The average Bonchev–Trinajstić information content (AvgIpc) is 3.27. The van der Waals surface area contributed by atoms with Crippen LogP contribution in [0.2, 0.25) is 5.02 Å². The van der Waals surface area contributed by atoms with E-state index < -0.39 is 0 Å². The highest BCUT2D eigenvalue weighted by Gasteiger charge is 2.48. The summed E-state index contributed by atoms with van der Waals surface area (Å²) in [4.78, 5) is 13.3. The van der Waals surface area contributed by atoms with Crippen molar-refractivity contribution in [2.45, 2.75) is 28.5 Å². The summed E-state index contributed by atoms with van der Waals surface area (Å²) in [5.41, 5.74) is 1.27. The molecule has 1 aromatic carbocycles. The number of H-pyrrole nitrogens is 1. The molecule has 3 aromatic rings. The van der Waals surface area contributed by atoms with E-state index in [0.29, 0.717) is 0 Å². The number of thioether (sulfide) groups is 1. The lowest BCUT2D eigenvalue weighted by atomic mass is 9.82. The van der Waals surface area contributed by atoms with Gasteiger partial charge >= 0.3 is 0 Å². The predicted octanol–water partition coefficient (Wildman–Crippen LogP) is 4.51. The van der Waals surface area contributed by atoms with Crippen LogP contribution in [0, 0.1) is 0 Å². The van der Waals surface area contributed by atoms with Crippen LogP contribution in [0.25, 0.3) is 0 Å². The molecule has 6 heteroatoms. The zero-order chi connectivity index (χ0) is 16.6. The zero-order valence-electron chi connectivity index (χ0n) is 13.0. The molecule has 4 nitrogen and oxygen atoms in total. The Balaban J connectivity index is 1.86. The maximum atomic E-state index is 6.24. The van der Waals surface area contributed by atoms with Crippen LogP contribution < -0.4 is 0 Å². The molecule has 2 atom stereocenters. The van der Waals surface area contributed by atoms with Gasteiger partial charge in [0.05, 0.1) is 17.0 Å². The number of fused-ring (bicyclic) bond motifs is 1. The molecule has 4 rings (SSSR count). The van der Waals surface area contributed by atoms with Crippen LogP contribution in [0.5, 0.6) is 0 Å². The van der Waals surface area contributed by atoms with Crippen molar-refractivity contribution in [1.29, 1.82) is 0 Å². The maximum Gasteiger partial charge on any atom is 0.115 e. The number of rotatable bonds is 5. The fourth-order valence-corrected chi connectivity index (χ4v) is 5.45. The second-order valence-corrected chi connectivity index (χ2v) is 7.88. The molecule has 2 unspecified atom stereocenters. The number of aromatic amines is 1. The molecule has 2 aromatic heterocycles. The molecular weight excluding hydrogens is 340 g/mol. The number of hydrogen-bond donors (Lipinski definition) is 1. The minimum Gasteiger partial charge on any atom is -0.348 e. The summed E-state index contributed by atoms with van der Waals surface area (Å²) < 4.78 is 2.01. The van der Waals surface area contributed by atoms with E-state index in [9.17, 15) is 0 Å². The summed E-state index contributed by atoms with van der Waals surface area (Å²) in [6, 6.07) is 6.13. The summed E-state index contributed by atoms with van der Waals surface area (Å²) in [6.07, 6.45) is 12.2. The largest absolute Gasteiger partial charge is 0.348 e. The smallest absolute Gasteiger partial charge is 0.115 e. The number of aromatic nitrogens is 4. The van der Waals surface area contributed by atoms with Crippen LogP contribution in [0.4, 0.5) is 0 Å². The van der Waals surface area contributed by atoms with Gasteiger partial charge in [-0.15, -0.1) is 18.3 Å². The molecule has 0 amide bonds. The number of nitrogens with zero attached hydrogens (tertiary/aromatic N) is 3. The number of allylic oxidation sites excluding steroid dienone is 1. The van der Waals surface area contributed by atoms with E-state index in [1.165, 1.54) is 10.5 Å². The van der Waals surface area contributed by atoms with Crippen molar-refractivity contribution in [2.75, 3.05) is 0 Å². The fraction of sp³-hybridized carbons (Fsp3) is 0.222. The predicted molar refractivity (Wildman–Crippen MR) is 97.5 cm³/mol. The lowest BCUT2D eigenvalue weighted by Gasteiger charge is -2.33. The van der Waals surface area contributed by atoms with E-state index in [1.807, 2.05) is 55.0 Å². The Hall–Kier alpha value is -1.98. The van der Waals surface area contributed by atoms with E-state index in [-0.39, 0.29) is 10.7 Å². The topological polar surface area (TPSA) is 46.5 Å². The summed E-state index contributed by atoms with van der Waals surface area (Å²) >= 11 is 8.10. The number of nitrogens with one attached hydrogen (secondary N) is 1. The van der Waals surface area contributed by atoms with Crippen molar-refractivity contribution in [2.24, 2.45) is 0 Å². The maximum absolute atomic E-state index is 6.24. The monoisotopic (exact) mass is 356 g/mol. The number of benzene rings is 1. The Bertz CT molecular complexity index is 844. The summed E-state index contributed by atoms with van der Waals surface area (Å²) in [7, 11) is 0. The van der Waals surface area contributed by atoms with Gasteiger partial charge in [0.1, 0.15) is 5.82 Å². The van der Waals surface area contributed by atoms with Crippen LogP contribution >= 0.6 is 23.4 Å². The van der Waals surface area contributed by atoms with E-state index in [2.05, 4.69) is 38.2 Å². The molecule has 1 aliphatic heterocycles.